The van der Waals surface area contributed by atoms with E-state index in [0.717, 1.165) is 4.57 Å². The van der Waals surface area contributed by atoms with Gasteiger partial charge in [0, 0.05) is 6.20 Å². The third-order valence-corrected chi connectivity index (χ3v) is 2.68. The molecule has 1 N–H and O–H groups in total. The zero-order valence-corrected chi connectivity index (χ0v) is 11.4. The molecule has 0 bridgehead atoms. The van der Waals surface area contributed by atoms with E-state index in [4.69, 9.17) is 0 Å². The smallest absolute Gasteiger partial charge is 0.334 e. The van der Waals surface area contributed by atoms with Crippen LogP contribution in [0.5, 0.6) is 0 Å². The van der Waals surface area contributed by atoms with Crippen molar-refractivity contribution in [3.05, 3.63) is 41.0 Å². The summed E-state index contributed by atoms with van der Waals surface area (Å²) in [4.78, 5) is 19.6. The van der Waals surface area contributed by atoms with Gasteiger partial charge in [-0.05, 0) is 28.1 Å². The van der Waals surface area contributed by atoms with Gasteiger partial charge in [0.25, 0.3) is 5.91 Å². The quantitative estimate of drug-likeness (QED) is 0.927. The predicted molar refractivity (Wildman–Crippen MR) is 68.2 cm³/mol. The predicted octanol–water partition coefficient (Wildman–Crippen LogP) is 2.86. The van der Waals surface area contributed by atoms with Gasteiger partial charge in [0.1, 0.15) is 16.8 Å². The molecule has 2 aromatic heterocycles. The molecule has 0 spiro atoms. The van der Waals surface area contributed by atoms with Gasteiger partial charge in [-0.15, -0.1) is 0 Å². The van der Waals surface area contributed by atoms with E-state index in [0.29, 0.717) is 4.60 Å². The van der Waals surface area contributed by atoms with Crippen LogP contribution in [0, 0.1) is 0 Å². The molecule has 0 saturated carbocycles. The summed E-state index contributed by atoms with van der Waals surface area (Å²) >= 11 is 3.08. The average Bonchev–Trinajstić information content (AvgIpc) is 2.78. The Bertz CT molecular complexity index is 609. The molecule has 1 amide bonds. The van der Waals surface area contributed by atoms with Crippen LogP contribution in [-0.4, -0.2) is 26.6 Å². The lowest BCUT2D eigenvalue weighted by molar-refractivity contribution is -0.140. The van der Waals surface area contributed by atoms with Crippen molar-refractivity contribution >= 4 is 27.7 Å². The van der Waals surface area contributed by atoms with Crippen molar-refractivity contribution in [1.82, 2.24) is 14.5 Å². The highest BCUT2D eigenvalue weighted by Gasteiger charge is 2.29. The van der Waals surface area contributed by atoms with Gasteiger partial charge in [-0.1, -0.05) is 0 Å². The third kappa shape index (κ3) is 3.80. The summed E-state index contributed by atoms with van der Waals surface area (Å²) < 4.78 is 38.4. The van der Waals surface area contributed by atoms with E-state index in [1.165, 1.54) is 30.7 Å². The van der Waals surface area contributed by atoms with Crippen molar-refractivity contribution in [3.63, 3.8) is 0 Å². The number of hydrogen-bond acceptors (Lipinski definition) is 3. The van der Waals surface area contributed by atoms with Gasteiger partial charge < -0.3 is 9.88 Å². The third-order valence-electron chi connectivity index (χ3n) is 2.27. The molecule has 2 heterocycles. The van der Waals surface area contributed by atoms with Gasteiger partial charge in [-0.3, -0.25) is 4.79 Å². The fourth-order valence-corrected chi connectivity index (χ4v) is 1.71. The number of halogens is 4. The van der Waals surface area contributed by atoms with Crippen LogP contribution in [0.3, 0.4) is 0 Å². The van der Waals surface area contributed by atoms with Crippen molar-refractivity contribution < 1.29 is 18.0 Å². The van der Waals surface area contributed by atoms with Crippen LogP contribution in [0.1, 0.15) is 10.5 Å². The van der Waals surface area contributed by atoms with E-state index in [-0.39, 0.29) is 11.5 Å². The van der Waals surface area contributed by atoms with Gasteiger partial charge in [0.05, 0.1) is 12.4 Å². The topological polar surface area (TPSA) is 59.8 Å². The Morgan fingerprint density at radius 1 is 1.35 bits per heavy atom. The molecule has 9 heteroatoms. The number of carbonyl (C=O) groups is 1. The maximum absolute atomic E-state index is 12.4. The summed E-state index contributed by atoms with van der Waals surface area (Å²) in [5, 5.41) is 2.38. The summed E-state index contributed by atoms with van der Waals surface area (Å²) in [6, 6.07) is 2.67. The van der Waals surface area contributed by atoms with Crippen LogP contribution >= 0.6 is 15.9 Å². The highest BCUT2D eigenvalue weighted by Crippen LogP contribution is 2.19. The molecule has 0 unspecified atom stereocenters. The van der Waals surface area contributed by atoms with Crippen molar-refractivity contribution in [1.29, 1.82) is 0 Å². The molecular weight excluding hydrogens is 341 g/mol. The lowest BCUT2D eigenvalue weighted by Gasteiger charge is -2.11. The Balaban J connectivity index is 2.14. The maximum atomic E-state index is 12.4. The van der Waals surface area contributed by atoms with Crippen molar-refractivity contribution in [2.75, 3.05) is 5.32 Å². The molecular formula is C11H8BrF3N4O. The molecule has 0 aliphatic heterocycles. The molecule has 0 saturated heterocycles. The van der Waals surface area contributed by atoms with Crippen LogP contribution in [0.15, 0.2) is 35.3 Å². The average molecular weight is 349 g/mol. The summed E-state index contributed by atoms with van der Waals surface area (Å²) in [5.74, 6) is -0.533. The Morgan fingerprint density at radius 2 is 2.10 bits per heavy atom. The van der Waals surface area contributed by atoms with Gasteiger partial charge in [-0.2, -0.15) is 13.2 Å². The Labute approximate surface area is 120 Å². The van der Waals surface area contributed by atoms with E-state index < -0.39 is 18.6 Å². The molecule has 0 aromatic carbocycles. The lowest BCUT2D eigenvalue weighted by Crippen LogP contribution is -2.23. The van der Waals surface area contributed by atoms with Crippen molar-refractivity contribution in [2.45, 2.75) is 12.7 Å². The molecule has 0 aliphatic rings. The standard InChI is InChI=1S/C11H8BrF3N4O/c12-8-4-17-9(5-16-8)18-10(20)7-2-1-3-19(7)6-11(13,14)15/h1-5H,6H2,(H,17,18,20). The number of alkyl halides is 3. The minimum absolute atomic E-state index is 0.105. The maximum Gasteiger partial charge on any atom is 0.406 e. The number of anilines is 1. The van der Waals surface area contributed by atoms with Crippen LogP contribution in [0.2, 0.25) is 0 Å². The Hall–Kier alpha value is -1.90. The zero-order valence-electron chi connectivity index (χ0n) is 9.86. The molecule has 106 valence electrons. The molecule has 5 nitrogen and oxygen atoms in total. The van der Waals surface area contributed by atoms with Gasteiger partial charge >= 0.3 is 6.18 Å². The number of hydrogen-bond donors (Lipinski definition) is 1. The first kappa shape index (κ1) is 14.5. The van der Waals surface area contributed by atoms with Crippen molar-refractivity contribution in [2.24, 2.45) is 0 Å². The summed E-state index contributed by atoms with van der Waals surface area (Å²) in [6.45, 7) is -1.23. The summed E-state index contributed by atoms with van der Waals surface area (Å²) in [6.07, 6.45) is -0.551. The van der Waals surface area contributed by atoms with E-state index in [9.17, 15) is 18.0 Å². The minimum Gasteiger partial charge on any atom is -0.334 e. The number of nitrogens with zero attached hydrogens (tertiary/aromatic N) is 3. The molecule has 0 radical (unpaired) electrons. The zero-order chi connectivity index (χ0) is 14.8. The number of carbonyl (C=O) groups excluding carboxylic acids is 1. The first-order valence-electron chi connectivity index (χ1n) is 5.36. The molecule has 2 aromatic rings. The fraction of sp³-hybridized carbons (Fsp3) is 0.182. The number of nitrogens with one attached hydrogen (secondary N) is 1. The highest BCUT2D eigenvalue weighted by atomic mass is 79.9. The molecule has 20 heavy (non-hydrogen) atoms. The van der Waals surface area contributed by atoms with Crippen LogP contribution in [0.25, 0.3) is 0 Å². The van der Waals surface area contributed by atoms with E-state index in [2.05, 4.69) is 31.2 Å². The van der Waals surface area contributed by atoms with Gasteiger partial charge in [0.2, 0.25) is 0 Å². The first-order valence-corrected chi connectivity index (χ1v) is 6.15. The summed E-state index contributed by atoms with van der Waals surface area (Å²) in [7, 11) is 0. The lowest BCUT2D eigenvalue weighted by atomic mass is 10.4. The second-order valence-electron chi connectivity index (χ2n) is 3.81. The van der Waals surface area contributed by atoms with Crippen molar-refractivity contribution in [3.8, 4) is 0 Å². The second kappa shape index (κ2) is 5.61. The Kier molecular flexibility index (Phi) is 4.07. The minimum atomic E-state index is -4.40. The summed E-state index contributed by atoms with van der Waals surface area (Å²) in [5.41, 5.74) is -0.105. The normalized spacial score (nSPS) is 11.4. The fourth-order valence-electron chi connectivity index (χ4n) is 1.51. The first-order chi connectivity index (χ1) is 9.35. The van der Waals surface area contributed by atoms with E-state index in [1.807, 2.05) is 0 Å². The number of rotatable bonds is 3. The molecule has 0 fully saturated rings. The molecule has 0 atom stereocenters. The monoisotopic (exact) mass is 348 g/mol. The van der Waals surface area contributed by atoms with Gasteiger partial charge in [0.15, 0.2) is 5.82 Å². The SMILES string of the molecule is O=C(Nc1cnc(Br)cn1)c1cccn1CC(F)(F)F. The Morgan fingerprint density at radius 3 is 2.70 bits per heavy atom. The number of amides is 1. The van der Waals surface area contributed by atoms with Crippen LogP contribution in [-0.2, 0) is 6.54 Å². The molecule has 0 aliphatic carbocycles. The van der Waals surface area contributed by atoms with Crippen LogP contribution in [0.4, 0.5) is 19.0 Å². The second-order valence-corrected chi connectivity index (χ2v) is 4.63. The van der Waals surface area contributed by atoms with Crippen LogP contribution < -0.4 is 5.32 Å². The van der Waals surface area contributed by atoms with E-state index in [1.54, 1.807) is 0 Å². The largest absolute Gasteiger partial charge is 0.406 e. The molecule has 2 rings (SSSR count). The highest BCUT2D eigenvalue weighted by molar-refractivity contribution is 9.10. The van der Waals surface area contributed by atoms with Gasteiger partial charge in [-0.25, -0.2) is 9.97 Å². The number of aromatic nitrogens is 3. The van der Waals surface area contributed by atoms with E-state index >= 15 is 0 Å².